The van der Waals surface area contributed by atoms with Gasteiger partial charge in [0.15, 0.2) is 0 Å². The van der Waals surface area contributed by atoms with Crippen LogP contribution in [0.3, 0.4) is 0 Å². The number of likely N-dealkylation sites (N-methyl/N-ethyl adjacent to an activating group) is 1. The van der Waals surface area contributed by atoms with Crippen molar-refractivity contribution < 1.29 is 5.11 Å². The van der Waals surface area contributed by atoms with E-state index >= 15 is 0 Å². The lowest BCUT2D eigenvalue weighted by Gasteiger charge is -2.32. The third-order valence-electron chi connectivity index (χ3n) is 8.69. The van der Waals surface area contributed by atoms with Gasteiger partial charge < -0.3 is 19.9 Å². The number of nitrogens with one attached hydrogen (secondary N) is 1. The van der Waals surface area contributed by atoms with Crippen molar-refractivity contribution >= 4 is 17.0 Å². The van der Waals surface area contributed by atoms with Crippen molar-refractivity contribution in [2.75, 3.05) is 45.1 Å². The molecule has 37 heavy (non-hydrogen) atoms. The lowest BCUT2D eigenvalue weighted by atomic mass is 9.87. The topological polar surface area (TPSA) is 69.5 Å². The highest BCUT2D eigenvalue weighted by Gasteiger charge is 2.23. The number of hydrogen-bond acceptors (Lipinski definition) is 6. The molecule has 7 heteroatoms. The number of aliphatic hydroxyl groups is 1. The standard InChI is InChI=1S/C30H42N6O/c1-34-14-16-35(17-15-34)19-23-4-8-25(9-5-23)28-21-36(20-24-6-10-26(37)11-7-24)29-27(28)18-32-30(33-29)31-13-12-22-2-3-22/h4-5,8-9,18,21-22,24,26,37H,2-3,6-7,10-17,19-20H2,1H3,(H,31,32,33). The molecule has 0 bridgehead atoms. The van der Waals surface area contributed by atoms with Crippen molar-refractivity contribution in [1.29, 1.82) is 0 Å². The van der Waals surface area contributed by atoms with E-state index in [1.54, 1.807) is 0 Å². The molecule has 198 valence electrons. The zero-order chi connectivity index (χ0) is 25.2. The van der Waals surface area contributed by atoms with Gasteiger partial charge in [0.05, 0.1) is 6.10 Å². The number of rotatable bonds is 9. The first-order valence-electron chi connectivity index (χ1n) is 14.4. The molecular weight excluding hydrogens is 460 g/mol. The lowest BCUT2D eigenvalue weighted by molar-refractivity contribution is 0.104. The molecule has 2 aromatic heterocycles. The first kappa shape index (κ1) is 24.8. The fourth-order valence-corrected chi connectivity index (χ4v) is 5.98. The third kappa shape index (κ3) is 6.16. The number of anilines is 1. The molecule has 3 heterocycles. The molecular formula is C30H42N6O. The van der Waals surface area contributed by atoms with E-state index in [9.17, 15) is 5.11 Å². The highest BCUT2D eigenvalue weighted by Crippen LogP contribution is 2.34. The molecule has 2 N–H and O–H groups in total. The van der Waals surface area contributed by atoms with Crippen molar-refractivity contribution in [3.8, 4) is 11.1 Å². The minimum atomic E-state index is -0.123. The second kappa shape index (κ2) is 11.1. The van der Waals surface area contributed by atoms with Crippen LogP contribution in [0.5, 0.6) is 0 Å². The molecule has 6 rings (SSSR count). The minimum absolute atomic E-state index is 0.123. The average Bonchev–Trinajstić information content (AvgIpc) is 3.68. The Morgan fingerprint density at radius 3 is 2.41 bits per heavy atom. The first-order valence-corrected chi connectivity index (χ1v) is 14.4. The number of hydrogen-bond donors (Lipinski definition) is 2. The number of aromatic nitrogens is 3. The lowest BCUT2D eigenvalue weighted by Crippen LogP contribution is -2.43. The van der Waals surface area contributed by atoms with E-state index < -0.39 is 0 Å². The Morgan fingerprint density at radius 1 is 0.946 bits per heavy atom. The van der Waals surface area contributed by atoms with Crippen LogP contribution in [0.4, 0.5) is 5.95 Å². The van der Waals surface area contributed by atoms with Gasteiger partial charge >= 0.3 is 0 Å². The Labute approximate surface area is 220 Å². The molecule has 0 atom stereocenters. The van der Waals surface area contributed by atoms with Crippen LogP contribution in [-0.2, 0) is 13.1 Å². The van der Waals surface area contributed by atoms with Gasteiger partial charge in [0.25, 0.3) is 0 Å². The number of piperazine rings is 1. The molecule has 1 saturated heterocycles. The number of fused-ring (bicyclic) bond motifs is 1. The monoisotopic (exact) mass is 502 g/mol. The normalized spacial score (nSPS) is 23.5. The van der Waals surface area contributed by atoms with E-state index in [1.165, 1.54) is 36.0 Å². The van der Waals surface area contributed by atoms with Crippen molar-refractivity contribution in [1.82, 2.24) is 24.3 Å². The maximum Gasteiger partial charge on any atom is 0.224 e. The smallest absolute Gasteiger partial charge is 0.224 e. The van der Waals surface area contributed by atoms with Gasteiger partial charge in [-0.1, -0.05) is 37.1 Å². The second-order valence-electron chi connectivity index (χ2n) is 11.7. The van der Waals surface area contributed by atoms with Crippen LogP contribution in [0, 0.1) is 11.8 Å². The zero-order valence-corrected chi connectivity index (χ0v) is 22.3. The van der Waals surface area contributed by atoms with Crippen LogP contribution < -0.4 is 5.32 Å². The fourth-order valence-electron chi connectivity index (χ4n) is 5.98. The van der Waals surface area contributed by atoms with Crippen molar-refractivity contribution in [3.05, 3.63) is 42.2 Å². The largest absolute Gasteiger partial charge is 0.393 e. The first-order chi connectivity index (χ1) is 18.1. The zero-order valence-electron chi connectivity index (χ0n) is 22.3. The predicted octanol–water partition coefficient (Wildman–Crippen LogP) is 4.61. The summed E-state index contributed by atoms with van der Waals surface area (Å²) < 4.78 is 2.35. The molecule has 1 aliphatic heterocycles. The van der Waals surface area contributed by atoms with Gasteiger partial charge in [-0.15, -0.1) is 0 Å². The summed E-state index contributed by atoms with van der Waals surface area (Å²) >= 11 is 0. The van der Waals surface area contributed by atoms with E-state index in [-0.39, 0.29) is 6.10 Å². The Kier molecular flexibility index (Phi) is 7.45. The quantitative estimate of drug-likeness (QED) is 0.445. The molecule has 3 fully saturated rings. The SMILES string of the molecule is CN1CCN(Cc2ccc(-c3cn(CC4CCC(O)CC4)c4nc(NCCC5CC5)ncc34)cc2)CC1. The van der Waals surface area contributed by atoms with Crippen LogP contribution in [0.1, 0.15) is 50.5 Å². The van der Waals surface area contributed by atoms with E-state index in [1.807, 2.05) is 6.20 Å². The van der Waals surface area contributed by atoms with Gasteiger partial charge in [-0.2, -0.15) is 4.98 Å². The van der Waals surface area contributed by atoms with Gasteiger partial charge in [-0.3, -0.25) is 4.90 Å². The molecule has 3 aliphatic rings. The Morgan fingerprint density at radius 2 is 1.68 bits per heavy atom. The van der Waals surface area contributed by atoms with E-state index in [2.05, 4.69) is 57.2 Å². The summed E-state index contributed by atoms with van der Waals surface area (Å²) in [7, 11) is 2.21. The minimum Gasteiger partial charge on any atom is -0.393 e. The van der Waals surface area contributed by atoms with Crippen molar-refractivity contribution in [3.63, 3.8) is 0 Å². The van der Waals surface area contributed by atoms with Crippen molar-refractivity contribution in [2.45, 2.75) is 64.1 Å². The number of aliphatic hydroxyl groups excluding tert-OH is 1. The summed E-state index contributed by atoms with van der Waals surface area (Å²) in [6.07, 6.45) is 12.1. The van der Waals surface area contributed by atoms with Crippen LogP contribution in [0.15, 0.2) is 36.7 Å². The molecule has 1 aromatic carbocycles. The summed E-state index contributed by atoms with van der Waals surface area (Å²) in [6, 6.07) is 9.11. The molecule has 3 aromatic rings. The summed E-state index contributed by atoms with van der Waals surface area (Å²) in [6.45, 7) is 7.48. The molecule has 2 aliphatic carbocycles. The predicted molar refractivity (Wildman–Crippen MR) is 150 cm³/mol. The van der Waals surface area contributed by atoms with Gasteiger partial charge in [0.1, 0.15) is 5.65 Å². The Bertz CT molecular complexity index is 1170. The van der Waals surface area contributed by atoms with Crippen molar-refractivity contribution in [2.24, 2.45) is 11.8 Å². The van der Waals surface area contributed by atoms with Gasteiger partial charge in [-0.25, -0.2) is 4.98 Å². The highest BCUT2D eigenvalue weighted by atomic mass is 16.3. The van der Waals surface area contributed by atoms with E-state index in [0.29, 0.717) is 5.92 Å². The third-order valence-corrected chi connectivity index (χ3v) is 8.69. The summed E-state index contributed by atoms with van der Waals surface area (Å²) in [5.74, 6) is 2.22. The van der Waals surface area contributed by atoms with E-state index in [4.69, 9.17) is 9.97 Å². The molecule has 0 radical (unpaired) electrons. The molecule has 0 unspecified atom stereocenters. The summed E-state index contributed by atoms with van der Waals surface area (Å²) in [4.78, 5) is 14.7. The van der Waals surface area contributed by atoms with Crippen LogP contribution in [0.25, 0.3) is 22.2 Å². The maximum absolute atomic E-state index is 9.98. The molecule has 2 saturated carbocycles. The molecule has 7 nitrogen and oxygen atoms in total. The number of nitrogens with zero attached hydrogens (tertiary/aromatic N) is 5. The highest BCUT2D eigenvalue weighted by molar-refractivity contribution is 5.94. The Balaban J connectivity index is 1.23. The fraction of sp³-hybridized carbons (Fsp3) is 0.600. The van der Waals surface area contributed by atoms with Gasteiger partial charge in [0.2, 0.25) is 5.95 Å². The van der Waals surface area contributed by atoms with Gasteiger partial charge in [-0.05, 0) is 62.1 Å². The molecule has 0 spiro atoms. The Hall–Kier alpha value is -2.48. The van der Waals surface area contributed by atoms with Crippen LogP contribution >= 0.6 is 0 Å². The van der Waals surface area contributed by atoms with Crippen LogP contribution in [0.2, 0.25) is 0 Å². The van der Waals surface area contributed by atoms with Crippen LogP contribution in [-0.4, -0.2) is 75.3 Å². The molecule has 0 amide bonds. The van der Waals surface area contributed by atoms with Gasteiger partial charge in [0, 0.05) is 69.2 Å². The second-order valence-corrected chi connectivity index (χ2v) is 11.7. The number of benzene rings is 1. The average molecular weight is 503 g/mol. The summed E-state index contributed by atoms with van der Waals surface area (Å²) in [5, 5.41) is 14.6. The maximum atomic E-state index is 9.98. The van der Waals surface area contributed by atoms with E-state index in [0.717, 1.165) is 94.4 Å². The summed E-state index contributed by atoms with van der Waals surface area (Å²) in [5.41, 5.74) is 4.83.